The summed E-state index contributed by atoms with van der Waals surface area (Å²) in [6.45, 7) is 2.70. The summed E-state index contributed by atoms with van der Waals surface area (Å²) >= 11 is 0. The smallest absolute Gasteiger partial charge is 0.315 e. The van der Waals surface area contributed by atoms with Gasteiger partial charge in [-0.2, -0.15) is 5.26 Å². The summed E-state index contributed by atoms with van der Waals surface area (Å²) in [4.78, 5) is 11.3. The first kappa shape index (κ1) is 10.8. The number of nitrogens with zero attached hydrogens (tertiary/aromatic N) is 1. The van der Waals surface area contributed by atoms with Gasteiger partial charge in [-0.15, -0.1) is 0 Å². The number of rotatable bonds is 3. The number of nitriles is 1. The molecule has 1 fully saturated rings. The van der Waals surface area contributed by atoms with Gasteiger partial charge in [-0.3, -0.25) is 0 Å². The van der Waals surface area contributed by atoms with Crippen LogP contribution in [-0.4, -0.2) is 18.6 Å². The average molecular weight is 195 g/mol. The van der Waals surface area contributed by atoms with E-state index in [1.165, 1.54) is 0 Å². The zero-order chi connectivity index (χ0) is 10.4. The first-order chi connectivity index (χ1) is 6.77. The van der Waals surface area contributed by atoms with Gasteiger partial charge in [0.25, 0.3) is 0 Å². The third kappa shape index (κ3) is 2.91. The maximum Gasteiger partial charge on any atom is 0.315 e. The molecule has 2 N–H and O–H groups in total. The molecule has 0 aliphatic heterocycles. The SMILES string of the molecule is CCCNC(=O)NC1CCCC1C#N. The van der Waals surface area contributed by atoms with E-state index in [2.05, 4.69) is 16.7 Å². The van der Waals surface area contributed by atoms with Gasteiger partial charge in [-0.05, 0) is 25.7 Å². The Morgan fingerprint density at radius 2 is 2.36 bits per heavy atom. The molecule has 78 valence electrons. The maximum atomic E-state index is 11.3. The standard InChI is InChI=1S/C10H17N3O/c1-2-6-12-10(14)13-9-5-3-4-8(9)7-11/h8-9H,2-6H2,1H3,(H2,12,13,14). The highest BCUT2D eigenvalue weighted by Crippen LogP contribution is 2.24. The monoisotopic (exact) mass is 195 g/mol. The quantitative estimate of drug-likeness (QED) is 0.714. The second-order valence-electron chi connectivity index (χ2n) is 3.67. The van der Waals surface area contributed by atoms with Crippen molar-refractivity contribution >= 4 is 6.03 Å². The largest absolute Gasteiger partial charge is 0.338 e. The summed E-state index contributed by atoms with van der Waals surface area (Å²) in [5.74, 6) is 0.00220. The van der Waals surface area contributed by atoms with Gasteiger partial charge in [0.05, 0.1) is 12.0 Å². The van der Waals surface area contributed by atoms with E-state index in [0.717, 1.165) is 25.7 Å². The summed E-state index contributed by atoms with van der Waals surface area (Å²) in [7, 11) is 0. The van der Waals surface area contributed by atoms with Crippen LogP contribution in [0.1, 0.15) is 32.6 Å². The van der Waals surface area contributed by atoms with Gasteiger partial charge in [-0.1, -0.05) is 6.92 Å². The van der Waals surface area contributed by atoms with Crippen LogP contribution in [0.4, 0.5) is 4.79 Å². The van der Waals surface area contributed by atoms with Gasteiger partial charge in [0, 0.05) is 12.6 Å². The molecule has 0 saturated heterocycles. The predicted octanol–water partition coefficient (Wildman–Crippen LogP) is 1.39. The van der Waals surface area contributed by atoms with Crippen molar-refractivity contribution < 1.29 is 4.79 Å². The molecule has 4 heteroatoms. The second-order valence-corrected chi connectivity index (χ2v) is 3.67. The van der Waals surface area contributed by atoms with E-state index in [9.17, 15) is 4.79 Å². The molecule has 0 radical (unpaired) electrons. The fourth-order valence-electron chi connectivity index (χ4n) is 1.75. The molecule has 2 unspecified atom stereocenters. The predicted molar refractivity (Wildman–Crippen MR) is 53.6 cm³/mol. The molecule has 0 heterocycles. The van der Waals surface area contributed by atoms with Crippen LogP contribution < -0.4 is 10.6 Å². The summed E-state index contributed by atoms with van der Waals surface area (Å²) in [6.07, 6.45) is 3.81. The van der Waals surface area contributed by atoms with Crippen molar-refractivity contribution in [3.8, 4) is 6.07 Å². The minimum absolute atomic E-state index is 0.00220. The molecule has 2 atom stereocenters. The van der Waals surface area contributed by atoms with Crippen molar-refractivity contribution in [2.24, 2.45) is 5.92 Å². The Morgan fingerprint density at radius 3 is 3.00 bits per heavy atom. The Balaban J connectivity index is 2.29. The highest BCUT2D eigenvalue weighted by Gasteiger charge is 2.28. The van der Waals surface area contributed by atoms with Crippen molar-refractivity contribution in [1.29, 1.82) is 5.26 Å². The molecule has 2 amide bonds. The molecule has 0 aromatic rings. The number of hydrogen-bond acceptors (Lipinski definition) is 2. The zero-order valence-electron chi connectivity index (χ0n) is 8.55. The molecule has 1 saturated carbocycles. The Kier molecular flexibility index (Phi) is 4.24. The van der Waals surface area contributed by atoms with E-state index in [-0.39, 0.29) is 18.0 Å². The highest BCUT2D eigenvalue weighted by atomic mass is 16.2. The normalized spacial score (nSPS) is 25.4. The van der Waals surface area contributed by atoms with E-state index in [4.69, 9.17) is 5.26 Å². The number of urea groups is 1. The molecule has 4 nitrogen and oxygen atoms in total. The van der Waals surface area contributed by atoms with Crippen LogP contribution in [0.5, 0.6) is 0 Å². The summed E-state index contributed by atoms with van der Waals surface area (Å²) in [6, 6.07) is 2.15. The van der Waals surface area contributed by atoms with Gasteiger partial charge in [-0.25, -0.2) is 4.79 Å². The van der Waals surface area contributed by atoms with Crippen molar-refractivity contribution in [3.05, 3.63) is 0 Å². The van der Waals surface area contributed by atoms with Crippen LogP contribution in [0, 0.1) is 17.2 Å². The van der Waals surface area contributed by atoms with Crippen LogP contribution in [0.15, 0.2) is 0 Å². The molecule has 0 bridgehead atoms. The minimum Gasteiger partial charge on any atom is -0.338 e. The lowest BCUT2D eigenvalue weighted by Crippen LogP contribution is -2.43. The molecule has 1 aliphatic carbocycles. The Labute approximate surface area is 84.7 Å². The molecule has 0 aromatic heterocycles. The van der Waals surface area contributed by atoms with E-state index >= 15 is 0 Å². The Morgan fingerprint density at radius 1 is 1.57 bits per heavy atom. The first-order valence-corrected chi connectivity index (χ1v) is 5.22. The zero-order valence-corrected chi connectivity index (χ0v) is 8.55. The van der Waals surface area contributed by atoms with Crippen LogP contribution in [0.3, 0.4) is 0 Å². The molecule has 0 aromatic carbocycles. The van der Waals surface area contributed by atoms with Crippen LogP contribution in [0.2, 0.25) is 0 Å². The van der Waals surface area contributed by atoms with Crippen LogP contribution >= 0.6 is 0 Å². The molecule has 1 rings (SSSR count). The highest BCUT2D eigenvalue weighted by molar-refractivity contribution is 5.74. The first-order valence-electron chi connectivity index (χ1n) is 5.22. The number of carbonyl (C=O) groups is 1. The van der Waals surface area contributed by atoms with Crippen molar-refractivity contribution in [2.45, 2.75) is 38.6 Å². The summed E-state index contributed by atoms with van der Waals surface area (Å²) < 4.78 is 0. The van der Waals surface area contributed by atoms with Gasteiger partial charge >= 0.3 is 6.03 Å². The number of carbonyl (C=O) groups excluding carboxylic acids is 1. The summed E-state index contributed by atoms with van der Waals surface area (Å²) in [5, 5.41) is 14.4. The molecular weight excluding hydrogens is 178 g/mol. The van der Waals surface area contributed by atoms with Gasteiger partial charge in [0.2, 0.25) is 0 Å². The number of amides is 2. The van der Waals surface area contributed by atoms with Crippen LogP contribution in [-0.2, 0) is 0 Å². The number of nitrogens with one attached hydrogen (secondary N) is 2. The number of hydrogen-bond donors (Lipinski definition) is 2. The Bertz CT molecular complexity index is 234. The fourth-order valence-corrected chi connectivity index (χ4v) is 1.75. The lowest BCUT2D eigenvalue weighted by molar-refractivity contribution is 0.235. The lowest BCUT2D eigenvalue weighted by Gasteiger charge is -2.15. The minimum atomic E-state index is -0.140. The van der Waals surface area contributed by atoms with Crippen LogP contribution in [0.25, 0.3) is 0 Å². The maximum absolute atomic E-state index is 11.3. The average Bonchev–Trinajstić information content (AvgIpc) is 2.62. The lowest BCUT2D eigenvalue weighted by atomic mass is 10.1. The molecule has 1 aliphatic rings. The third-order valence-corrected chi connectivity index (χ3v) is 2.53. The fraction of sp³-hybridized carbons (Fsp3) is 0.800. The topological polar surface area (TPSA) is 64.9 Å². The Hall–Kier alpha value is -1.24. The van der Waals surface area contributed by atoms with Crippen molar-refractivity contribution in [1.82, 2.24) is 10.6 Å². The van der Waals surface area contributed by atoms with Crippen molar-refractivity contribution in [2.75, 3.05) is 6.54 Å². The molecule has 0 spiro atoms. The summed E-state index contributed by atoms with van der Waals surface area (Å²) in [5.41, 5.74) is 0. The molecule has 14 heavy (non-hydrogen) atoms. The van der Waals surface area contributed by atoms with E-state index in [1.54, 1.807) is 0 Å². The van der Waals surface area contributed by atoms with Gasteiger partial charge in [0.1, 0.15) is 0 Å². The van der Waals surface area contributed by atoms with E-state index in [0.29, 0.717) is 6.54 Å². The second kappa shape index (κ2) is 5.48. The third-order valence-electron chi connectivity index (χ3n) is 2.53. The molecular formula is C10H17N3O. The van der Waals surface area contributed by atoms with Gasteiger partial charge in [0.15, 0.2) is 0 Å². The van der Waals surface area contributed by atoms with Gasteiger partial charge < -0.3 is 10.6 Å². The van der Waals surface area contributed by atoms with Crippen molar-refractivity contribution in [3.63, 3.8) is 0 Å². The van der Waals surface area contributed by atoms with E-state index in [1.807, 2.05) is 6.92 Å². The van der Waals surface area contributed by atoms with E-state index < -0.39 is 0 Å².